The van der Waals surface area contributed by atoms with Gasteiger partial charge in [-0.3, -0.25) is 0 Å². The van der Waals surface area contributed by atoms with Gasteiger partial charge in [-0.25, -0.2) is 0 Å². The molecule has 0 aliphatic carbocycles. The highest BCUT2D eigenvalue weighted by Gasteiger charge is 2.63. The van der Waals surface area contributed by atoms with Gasteiger partial charge >= 0.3 is 0 Å². The Bertz CT molecular complexity index is 1900. The summed E-state index contributed by atoms with van der Waals surface area (Å²) in [6.45, 7) is 1.65. The van der Waals surface area contributed by atoms with Crippen LogP contribution in [0.15, 0.2) is 103 Å². The van der Waals surface area contributed by atoms with E-state index in [-0.39, 0.29) is 18.3 Å². The van der Waals surface area contributed by atoms with Crippen LogP contribution in [0.5, 0.6) is 11.5 Å². The van der Waals surface area contributed by atoms with Gasteiger partial charge in [0, 0.05) is 0 Å². The standard InChI is InChI=1S/C38H34O6/c1-39-29-14-6-24(7-15-29)20-41-22-38-23-43-36(37(38)42-21-25-8-16-30(40-2)17-9-25)35(44-38)32-19-13-28-11-10-26-4-3-5-27-12-18-31(32)34(28)33(26)27/h3-19,35-37H,20-23H2,1-2H3/t35-,36+,37+,38+/m0/s1. The highest BCUT2D eigenvalue weighted by atomic mass is 16.7. The molecular weight excluding hydrogens is 552 g/mol. The fraction of sp³-hybridized carbons (Fsp3) is 0.263. The fourth-order valence-electron chi connectivity index (χ4n) is 7.00. The van der Waals surface area contributed by atoms with Crippen molar-refractivity contribution in [1.82, 2.24) is 0 Å². The first-order chi connectivity index (χ1) is 21.7. The maximum atomic E-state index is 7.02. The minimum atomic E-state index is -0.738. The molecule has 2 heterocycles. The molecule has 2 aliphatic heterocycles. The predicted molar refractivity (Wildman–Crippen MR) is 171 cm³/mol. The van der Waals surface area contributed by atoms with Crippen LogP contribution in [0, 0.1) is 0 Å². The topological polar surface area (TPSA) is 55.4 Å². The van der Waals surface area contributed by atoms with Crippen molar-refractivity contribution in [3.63, 3.8) is 0 Å². The summed E-state index contributed by atoms with van der Waals surface area (Å²) in [4.78, 5) is 0. The Labute approximate surface area is 256 Å². The quantitative estimate of drug-likeness (QED) is 0.154. The molecule has 8 rings (SSSR count). The number of benzene rings is 6. The molecule has 6 aromatic carbocycles. The zero-order valence-corrected chi connectivity index (χ0v) is 24.8. The molecule has 44 heavy (non-hydrogen) atoms. The third-order valence-corrected chi connectivity index (χ3v) is 9.23. The molecule has 2 aliphatic rings. The van der Waals surface area contributed by atoms with Crippen LogP contribution < -0.4 is 9.47 Å². The fourth-order valence-corrected chi connectivity index (χ4v) is 7.00. The van der Waals surface area contributed by atoms with Gasteiger partial charge in [0.1, 0.15) is 35.4 Å². The van der Waals surface area contributed by atoms with Crippen LogP contribution in [-0.2, 0) is 32.2 Å². The number of hydrogen-bond acceptors (Lipinski definition) is 6. The average molecular weight is 587 g/mol. The smallest absolute Gasteiger partial charge is 0.144 e. The Morgan fingerprint density at radius 1 is 0.682 bits per heavy atom. The summed E-state index contributed by atoms with van der Waals surface area (Å²) >= 11 is 0. The van der Waals surface area contributed by atoms with Crippen molar-refractivity contribution in [2.75, 3.05) is 27.4 Å². The van der Waals surface area contributed by atoms with E-state index in [1.165, 1.54) is 32.3 Å². The number of rotatable bonds is 10. The van der Waals surface area contributed by atoms with Crippen molar-refractivity contribution >= 4 is 32.3 Å². The summed E-state index contributed by atoms with van der Waals surface area (Å²) in [5.41, 5.74) is 2.51. The summed E-state index contributed by atoms with van der Waals surface area (Å²) in [6.07, 6.45) is -0.862. The Balaban J connectivity index is 1.12. The van der Waals surface area contributed by atoms with Crippen molar-refractivity contribution < 1.29 is 28.4 Å². The molecule has 6 nitrogen and oxygen atoms in total. The zero-order chi connectivity index (χ0) is 29.7. The zero-order valence-electron chi connectivity index (χ0n) is 24.8. The largest absolute Gasteiger partial charge is 0.497 e. The third kappa shape index (κ3) is 4.57. The first-order valence-electron chi connectivity index (χ1n) is 15.1. The first-order valence-corrected chi connectivity index (χ1v) is 15.1. The van der Waals surface area contributed by atoms with E-state index >= 15 is 0 Å². The van der Waals surface area contributed by atoms with Gasteiger partial charge in [0.05, 0.1) is 40.6 Å². The highest BCUT2D eigenvalue weighted by Crippen LogP contribution is 2.51. The lowest BCUT2D eigenvalue weighted by molar-refractivity contribution is -0.175. The lowest BCUT2D eigenvalue weighted by Crippen LogP contribution is -2.46. The minimum Gasteiger partial charge on any atom is -0.497 e. The molecule has 6 aromatic rings. The third-order valence-electron chi connectivity index (χ3n) is 9.23. The van der Waals surface area contributed by atoms with E-state index in [0.717, 1.165) is 28.2 Å². The van der Waals surface area contributed by atoms with Crippen molar-refractivity contribution in [3.8, 4) is 11.5 Å². The van der Waals surface area contributed by atoms with Gasteiger partial charge in [-0.1, -0.05) is 78.9 Å². The van der Waals surface area contributed by atoms with E-state index in [4.69, 9.17) is 28.4 Å². The van der Waals surface area contributed by atoms with Gasteiger partial charge in [-0.15, -0.1) is 0 Å². The first kappa shape index (κ1) is 27.4. The molecule has 4 atom stereocenters. The van der Waals surface area contributed by atoms with Gasteiger partial charge in [0.25, 0.3) is 0 Å². The minimum absolute atomic E-state index is 0.267. The summed E-state index contributed by atoms with van der Waals surface area (Å²) in [7, 11) is 3.34. The van der Waals surface area contributed by atoms with Crippen molar-refractivity contribution in [1.29, 1.82) is 0 Å². The van der Waals surface area contributed by atoms with E-state index < -0.39 is 5.60 Å². The lowest BCUT2D eigenvalue weighted by atomic mass is 9.89. The number of ether oxygens (including phenoxy) is 6. The second kappa shape index (κ2) is 11.1. The monoisotopic (exact) mass is 586 g/mol. The molecule has 2 bridgehead atoms. The van der Waals surface area contributed by atoms with E-state index in [1.54, 1.807) is 14.2 Å². The summed E-state index contributed by atoms with van der Waals surface area (Å²) < 4.78 is 37.2. The maximum Gasteiger partial charge on any atom is 0.144 e. The van der Waals surface area contributed by atoms with Crippen molar-refractivity contribution in [2.45, 2.75) is 37.1 Å². The molecule has 0 saturated carbocycles. The van der Waals surface area contributed by atoms with Gasteiger partial charge in [-0.05, 0) is 73.3 Å². The van der Waals surface area contributed by atoms with Crippen molar-refractivity contribution in [2.24, 2.45) is 0 Å². The Morgan fingerprint density at radius 3 is 1.98 bits per heavy atom. The van der Waals surface area contributed by atoms with Crippen LogP contribution in [0.25, 0.3) is 32.3 Å². The number of methoxy groups -OCH3 is 2. The van der Waals surface area contributed by atoms with Crippen molar-refractivity contribution in [3.05, 3.63) is 120 Å². The molecule has 0 N–H and O–H groups in total. The molecule has 0 spiro atoms. The molecule has 6 heteroatoms. The second-order valence-corrected chi connectivity index (χ2v) is 11.8. The lowest BCUT2D eigenvalue weighted by Gasteiger charge is -2.32. The Morgan fingerprint density at radius 2 is 1.30 bits per heavy atom. The average Bonchev–Trinajstić information content (AvgIpc) is 3.58. The number of fused-ring (bicyclic) bond motifs is 2. The van der Waals surface area contributed by atoms with Crippen LogP contribution in [0.1, 0.15) is 22.8 Å². The molecule has 222 valence electrons. The van der Waals surface area contributed by atoms with Crippen LogP contribution in [0.4, 0.5) is 0 Å². The Kier molecular flexibility index (Phi) is 6.88. The van der Waals surface area contributed by atoms with Crippen LogP contribution in [-0.4, -0.2) is 45.2 Å². The van der Waals surface area contributed by atoms with Gasteiger partial charge in [0.15, 0.2) is 0 Å². The molecular formula is C38H34O6. The van der Waals surface area contributed by atoms with E-state index in [2.05, 4.69) is 54.6 Å². The van der Waals surface area contributed by atoms with Gasteiger partial charge < -0.3 is 28.4 Å². The van der Waals surface area contributed by atoms with E-state index in [9.17, 15) is 0 Å². The highest BCUT2D eigenvalue weighted by molar-refractivity contribution is 6.23. The normalized spacial score (nSPS) is 22.8. The predicted octanol–water partition coefficient (Wildman–Crippen LogP) is 7.61. The maximum absolute atomic E-state index is 7.02. The molecule has 0 unspecified atom stereocenters. The van der Waals surface area contributed by atoms with E-state index in [0.29, 0.717) is 26.4 Å². The van der Waals surface area contributed by atoms with Gasteiger partial charge in [0.2, 0.25) is 0 Å². The Hall–Kier alpha value is -4.20. The van der Waals surface area contributed by atoms with Crippen LogP contribution in [0.3, 0.4) is 0 Å². The van der Waals surface area contributed by atoms with E-state index in [1.807, 2.05) is 48.5 Å². The molecule has 0 radical (unpaired) electrons. The molecule has 0 amide bonds. The SMILES string of the molecule is COc1ccc(COC[C@@]23CO[C@@H]([C@H]2OCc2ccc(OC)cc2)[C@H](c2ccc4ccc5cccc6ccc2c4c56)O3)cc1. The van der Waals surface area contributed by atoms with Crippen LogP contribution in [0.2, 0.25) is 0 Å². The summed E-state index contributed by atoms with van der Waals surface area (Å²) in [5, 5.41) is 7.46. The molecule has 2 saturated heterocycles. The summed E-state index contributed by atoms with van der Waals surface area (Å²) in [5.74, 6) is 1.64. The molecule has 2 fully saturated rings. The van der Waals surface area contributed by atoms with Gasteiger partial charge in [-0.2, -0.15) is 0 Å². The summed E-state index contributed by atoms with van der Waals surface area (Å²) in [6, 6.07) is 35.7. The second-order valence-electron chi connectivity index (χ2n) is 11.8. The molecule has 0 aromatic heterocycles. The van der Waals surface area contributed by atoms with Crippen LogP contribution >= 0.6 is 0 Å². The number of hydrogen-bond donors (Lipinski definition) is 0.